The minimum Gasteiger partial charge on any atom is -0.465 e. The van der Waals surface area contributed by atoms with E-state index in [1.807, 2.05) is 0 Å². The second-order valence-corrected chi connectivity index (χ2v) is 7.38. The summed E-state index contributed by atoms with van der Waals surface area (Å²) in [7, 11) is 0. The molecule has 0 unspecified atom stereocenters. The largest absolute Gasteiger partial charge is 0.465 e. The van der Waals surface area contributed by atoms with Crippen molar-refractivity contribution in [2.24, 2.45) is 0 Å². The minimum atomic E-state index is -4.53. The van der Waals surface area contributed by atoms with Gasteiger partial charge >= 0.3 is 12.3 Å². The van der Waals surface area contributed by atoms with Crippen molar-refractivity contribution in [1.82, 2.24) is 9.88 Å². The number of carboxylic acid groups (broad SMARTS) is 1. The van der Waals surface area contributed by atoms with E-state index in [-0.39, 0.29) is 17.3 Å². The van der Waals surface area contributed by atoms with Gasteiger partial charge in [-0.05, 0) is 26.8 Å². The smallest absolute Gasteiger partial charge is 0.417 e. The molecule has 0 aromatic carbocycles. The van der Waals surface area contributed by atoms with Crippen molar-refractivity contribution in [3.05, 3.63) is 28.5 Å². The van der Waals surface area contributed by atoms with Gasteiger partial charge in [-0.1, -0.05) is 25.4 Å². The minimum absolute atomic E-state index is 0.0456. The van der Waals surface area contributed by atoms with E-state index in [4.69, 9.17) is 11.6 Å². The van der Waals surface area contributed by atoms with Crippen LogP contribution in [0.4, 0.5) is 18.0 Å². The van der Waals surface area contributed by atoms with Gasteiger partial charge in [0.15, 0.2) is 0 Å². The van der Waals surface area contributed by atoms with Gasteiger partial charge in [0, 0.05) is 23.7 Å². The lowest BCUT2D eigenvalue weighted by Crippen LogP contribution is -2.50. The van der Waals surface area contributed by atoms with Crippen LogP contribution < -0.4 is 0 Å². The van der Waals surface area contributed by atoms with E-state index in [9.17, 15) is 23.1 Å². The topological polar surface area (TPSA) is 53.4 Å². The van der Waals surface area contributed by atoms with Crippen LogP contribution in [0.2, 0.25) is 5.02 Å². The van der Waals surface area contributed by atoms with Crippen LogP contribution in [0, 0.1) is 0 Å². The summed E-state index contributed by atoms with van der Waals surface area (Å²) in [4.78, 5) is 16.5. The molecule has 23 heavy (non-hydrogen) atoms. The first-order chi connectivity index (χ1) is 10.2. The molecule has 0 atom stereocenters. The number of nitrogens with zero attached hydrogens (tertiary/aromatic N) is 2. The molecule has 0 aliphatic heterocycles. The fourth-order valence-electron chi connectivity index (χ4n) is 2.15. The summed E-state index contributed by atoms with van der Waals surface area (Å²) in [5.74, 6) is 0. The van der Waals surface area contributed by atoms with Crippen LogP contribution in [-0.4, -0.2) is 33.2 Å². The molecule has 0 saturated carbocycles. The molecule has 1 aromatic heterocycles. The molecule has 8 heteroatoms. The molecule has 1 N–H and O–H groups in total. The van der Waals surface area contributed by atoms with Crippen molar-refractivity contribution in [3.63, 3.8) is 0 Å². The third-order valence-corrected chi connectivity index (χ3v) is 3.69. The quantitative estimate of drug-likeness (QED) is 0.849. The van der Waals surface area contributed by atoms with Crippen LogP contribution in [-0.2, 0) is 11.6 Å². The van der Waals surface area contributed by atoms with E-state index in [0.29, 0.717) is 6.20 Å². The highest BCUT2D eigenvalue weighted by molar-refractivity contribution is 6.31. The van der Waals surface area contributed by atoms with Crippen molar-refractivity contribution in [1.29, 1.82) is 0 Å². The lowest BCUT2D eigenvalue weighted by molar-refractivity contribution is -0.137. The van der Waals surface area contributed by atoms with Gasteiger partial charge in [0.05, 0.1) is 16.3 Å². The van der Waals surface area contributed by atoms with Crippen LogP contribution in [0.15, 0.2) is 12.3 Å². The second kappa shape index (κ2) is 6.19. The van der Waals surface area contributed by atoms with Gasteiger partial charge < -0.3 is 10.0 Å². The Balaban J connectivity index is 3.20. The molecule has 0 aliphatic carbocycles. The zero-order valence-electron chi connectivity index (χ0n) is 13.6. The Hall–Kier alpha value is -1.50. The third kappa shape index (κ3) is 4.73. The molecule has 0 radical (unpaired) electrons. The number of pyridine rings is 1. The molecular weight excluding hydrogens is 333 g/mol. The van der Waals surface area contributed by atoms with Gasteiger partial charge in [-0.15, -0.1) is 0 Å². The van der Waals surface area contributed by atoms with E-state index in [2.05, 4.69) is 4.98 Å². The molecule has 1 heterocycles. The monoisotopic (exact) mass is 352 g/mol. The normalized spacial score (nSPS) is 13.1. The first kappa shape index (κ1) is 19.5. The average molecular weight is 353 g/mol. The van der Waals surface area contributed by atoms with E-state index < -0.39 is 28.8 Å². The Morgan fingerprint density at radius 1 is 1.26 bits per heavy atom. The Labute approximate surface area is 138 Å². The second-order valence-electron chi connectivity index (χ2n) is 6.98. The zero-order chi connectivity index (χ0) is 18.2. The van der Waals surface area contributed by atoms with Crippen LogP contribution in [0.25, 0.3) is 0 Å². The number of alkyl halides is 3. The molecule has 0 aliphatic rings. The van der Waals surface area contributed by atoms with Gasteiger partial charge in [0.25, 0.3) is 0 Å². The van der Waals surface area contributed by atoms with Crippen LogP contribution in [0.1, 0.15) is 45.9 Å². The summed E-state index contributed by atoms with van der Waals surface area (Å²) in [5, 5.41) is 9.23. The van der Waals surface area contributed by atoms with Crippen molar-refractivity contribution in [3.8, 4) is 0 Å². The Morgan fingerprint density at radius 2 is 1.78 bits per heavy atom. The fraction of sp³-hybridized carbons (Fsp3) is 0.600. The number of carbonyl (C=O) groups is 1. The summed E-state index contributed by atoms with van der Waals surface area (Å²) in [6.45, 7) is 8.63. The summed E-state index contributed by atoms with van der Waals surface area (Å²) >= 11 is 5.97. The van der Waals surface area contributed by atoms with E-state index >= 15 is 0 Å². The predicted octanol–water partition coefficient (Wildman–Crippen LogP) is 4.81. The zero-order valence-corrected chi connectivity index (χ0v) is 14.4. The maximum Gasteiger partial charge on any atom is 0.417 e. The summed E-state index contributed by atoms with van der Waals surface area (Å²) in [6, 6.07) is 0.813. The molecule has 0 spiro atoms. The highest BCUT2D eigenvalue weighted by Gasteiger charge is 2.37. The van der Waals surface area contributed by atoms with Crippen LogP contribution in [0.3, 0.4) is 0 Å². The molecule has 1 aromatic rings. The molecule has 1 rings (SSSR count). The van der Waals surface area contributed by atoms with Crippen molar-refractivity contribution < 1.29 is 23.1 Å². The molecule has 130 valence electrons. The van der Waals surface area contributed by atoms with Gasteiger partial charge in [-0.3, -0.25) is 4.98 Å². The summed E-state index contributed by atoms with van der Waals surface area (Å²) in [6.07, 6.45) is -4.93. The molecule has 0 fully saturated rings. The fourth-order valence-corrected chi connectivity index (χ4v) is 2.57. The van der Waals surface area contributed by atoms with Crippen LogP contribution >= 0.6 is 11.6 Å². The standard InChI is InChI=1S/C15H20ClF3N2O2/c1-13(2,3)21(12(22)23)8-14(4,5)11-10(16)6-9(7-20-11)15(17,18)19/h6-7H,8H2,1-5H3,(H,22,23). The predicted molar refractivity (Wildman–Crippen MR) is 81.8 cm³/mol. The third-order valence-electron chi connectivity index (χ3n) is 3.40. The highest BCUT2D eigenvalue weighted by Crippen LogP contribution is 2.35. The number of amides is 1. The van der Waals surface area contributed by atoms with Crippen molar-refractivity contribution in [2.45, 2.75) is 51.7 Å². The van der Waals surface area contributed by atoms with Crippen LogP contribution in [0.5, 0.6) is 0 Å². The average Bonchev–Trinajstić information content (AvgIpc) is 2.32. The van der Waals surface area contributed by atoms with Crippen molar-refractivity contribution >= 4 is 17.7 Å². The highest BCUT2D eigenvalue weighted by atomic mass is 35.5. The van der Waals surface area contributed by atoms with E-state index in [1.165, 1.54) is 4.90 Å². The van der Waals surface area contributed by atoms with Gasteiger partial charge in [0.2, 0.25) is 0 Å². The SMILES string of the molecule is CC(C)(CN(C(=O)O)C(C)(C)C)c1ncc(C(F)(F)F)cc1Cl. The number of rotatable bonds is 3. The Morgan fingerprint density at radius 3 is 2.13 bits per heavy atom. The van der Waals surface area contributed by atoms with E-state index in [0.717, 1.165) is 6.07 Å². The molecule has 0 bridgehead atoms. The Kier molecular flexibility index (Phi) is 5.26. The number of aromatic nitrogens is 1. The first-order valence-electron chi connectivity index (χ1n) is 6.90. The number of hydrogen-bond donors (Lipinski definition) is 1. The maximum atomic E-state index is 12.7. The van der Waals surface area contributed by atoms with Gasteiger partial charge in [0.1, 0.15) is 0 Å². The molecule has 4 nitrogen and oxygen atoms in total. The Bertz CT molecular complexity index is 595. The summed E-state index contributed by atoms with van der Waals surface area (Å²) in [5.41, 5.74) is -2.23. The number of hydrogen-bond acceptors (Lipinski definition) is 2. The first-order valence-corrected chi connectivity index (χ1v) is 7.28. The van der Waals surface area contributed by atoms with Gasteiger partial charge in [-0.25, -0.2) is 4.79 Å². The molecule has 0 saturated heterocycles. The lowest BCUT2D eigenvalue weighted by atomic mass is 9.86. The lowest BCUT2D eigenvalue weighted by Gasteiger charge is -2.39. The molecule has 1 amide bonds. The maximum absolute atomic E-state index is 12.7. The van der Waals surface area contributed by atoms with Gasteiger partial charge in [-0.2, -0.15) is 13.2 Å². The summed E-state index contributed by atoms with van der Waals surface area (Å²) < 4.78 is 38.1. The number of halogens is 4. The molecular formula is C15H20ClF3N2O2. The van der Waals surface area contributed by atoms with E-state index in [1.54, 1.807) is 34.6 Å². The van der Waals surface area contributed by atoms with Crippen molar-refractivity contribution in [2.75, 3.05) is 6.54 Å².